The van der Waals surface area contributed by atoms with Crippen LogP contribution in [0.3, 0.4) is 0 Å². The average Bonchev–Trinajstić information content (AvgIpc) is 3.51. The standard InChI is InChI=1S/C25H30N4O3S/c1-28(14-20-8-4-3-7-19(20)13-26)25(30)24-23(27-18-29-10-5-2-6-11-29)21(17-33-24)15-32-22-9-12-31-16-22/h3-4,7-8,17-18,22H,2,5-6,9-12,14-16H2,1H3/b27-18+. The molecule has 174 valence electrons. The summed E-state index contributed by atoms with van der Waals surface area (Å²) in [4.78, 5) is 22.6. The van der Waals surface area contributed by atoms with Gasteiger partial charge >= 0.3 is 0 Å². The summed E-state index contributed by atoms with van der Waals surface area (Å²) in [6.07, 6.45) is 6.45. The minimum absolute atomic E-state index is 0.0909. The molecule has 1 amide bonds. The highest BCUT2D eigenvalue weighted by Gasteiger charge is 2.23. The van der Waals surface area contributed by atoms with Gasteiger partial charge in [-0.3, -0.25) is 4.79 Å². The second-order valence-corrected chi connectivity index (χ2v) is 9.39. The smallest absolute Gasteiger partial charge is 0.266 e. The molecule has 1 aromatic carbocycles. The van der Waals surface area contributed by atoms with Gasteiger partial charge < -0.3 is 19.3 Å². The second-order valence-electron chi connectivity index (χ2n) is 8.51. The Balaban J connectivity index is 1.53. The molecule has 2 saturated heterocycles. The molecule has 2 fully saturated rings. The van der Waals surface area contributed by atoms with E-state index in [1.54, 1.807) is 18.0 Å². The quantitative estimate of drug-likeness (QED) is 0.427. The molecule has 8 heteroatoms. The van der Waals surface area contributed by atoms with Crippen molar-refractivity contribution in [3.05, 3.63) is 51.2 Å². The number of likely N-dealkylation sites (tertiary alicyclic amines) is 1. The van der Waals surface area contributed by atoms with Gasteiger partial charge in [-0.25, -0.2) is 4.99 Å². The molecule has 0 spiro atoms. The summed E-state index contributed by atoms with van der Waals surface area (Å²) in [6.45, 7) is 4.10. The average molecular weight is 467 g/mol. The number of nitrogens with zero attached hydrogens (tertiary/aromatic N) is 4. The van der Waals surface area contributed by atoms with E-state index in [2.05, 4.69) is 11.0 Å². The van der Waals surface area contributed by atoms with Crippen LogP contribution >= 0.6 is 11.3 Å². The van der Waals surface area contributed by atoms with Gasteiger partial charge in [0.25, 0.3) is 5.91 Å². The minimum Gasteiger partial charge on any atom is -0.379 e. The van der Waals surface area contributed by atoms with Crippen LogP contribution in [0.2, 0.25) is 0 Å². The summed E-state index contributed by atoms with van der Waals surface area (Å²) in [5.74, 6) is -0.103. The molecule has 1 atom stereocenters. The molecular formula is C25H30N4O3S. The summed E-state index contributed by atoms with van der Waals surface area (Å²) >= 11 is 1.40. The van der Waals surface area contributed by atoms with Crippen molar-refractivity contribution in [3.8, 4) is 6.07 Å². The molecule has 0 N–H and O–H groups in total. The maximum absolute atomic E-state index is 13.4. The van der Waals surface area contributed by atoms with Crippen molar-refractivity contribution in [3.63, 3.8) is 0 Å². The molecule has 4 rings (SSSR count). The van der Waals surface area contributed by atoms with Crippen molar-refractivity contribution in [2.75, 3.05) is 33.4 Å². The van der Waals surface area contributed by atoms with E-state index in [0.717, 1.165) is 37.2 Å². The minimum atomic E-state index is -0.103. The molecule has 0 bridgehead atoms. The van der Waals surface area contributed by atoms with Gasteiger partial charge in [0.1, 0.15) is 4.88 Å². The lowest BCUT2D eigenvalue weighted by molar-refractivity contribution is 0.0321. The van der Waals surface area contributed by atoms with Crippen molar-refractivity contribution >= 4 is 29.3 Å². The largest absolute Gasteiger partial charge is 0.379 e. The van der Waals surface area contributed by atoms with Crippen molar-refractivity contribution in [2.45, 2.75) is 44.9 Å². The lowest BCUT2D eigenvalue weighted by Crippen LogP contribution is -2.28. The number of rotatable bonds is 8. The maximum Gasteiger partial charge on any atom is 0.266 e. The molecule has 1 unspecified atom stereocenters. The van der Waals surface area contributed by atoms with Gasteiger partial charge in [0.2, 0.25) is 0 Å². The van der Waals surface area contributed by atoms with Crippen LogP contribution in [-0.4, -0.2) is 61.5 Å². The van der Waals surface area contributed by atoms with Crippen molar-refractivity contribution in [2.24, 2.45) is 4.99 Å². The van der Waals surface area contributed by atoms with Gasteiger partial charge in [0, 0.05) is 38.9 Å². The fourth-order valence-electron chi connectivity index (χ4n) is 4.08. The number of piperidine rings is 1. The van der Waals surface area contributed by atoms with Crippen LogP contribution in [-0.2, 0) is 22.6 Å². The van der Waals surface area contributed by atoms with E-state index in [-0.39, 0.29) is 12.0 Å². The van der Waals surface area contributed by atoms with E-state index in [4.69, 9.17) is 14.5 Å². The molecule has 33 heavy (non-hydrogen) atoms. The molecule has 2 aromatic rings. The van der Waals surface area contributed by atoms with E-state index in [1.807, 2.05) is 29.9 Å². The third kappa shape index (κ3) is 5.99. The van der Waals surface area contributed by atoms with E-state index in [9.17, 15) is 10.1 Å². The molecular weight excluding hydrogens is 436 g/mol. The van der Waals surface area contributed by atoms with Crippen LogP contribution in [0, 0.1) is 11.3 Å². The van der Waals surface area contributed by atoms with E-state index in [0.29, 0.717) is 35.9 Å². The van der Waals surface area contributed by atoms with Gasteiger partial charge in [-0.1, -0.05) is 18.2 Å². The number of nitriles is 1. The van der Waals surface area contributed by atoms with Gasteiger partial charge in [-0.2, -0.15) is 5.26 Å². The number of benzene rings is 1. The summed E-state index contributed by atoms with van der Waals surface area (Å²) in [5.41, 5.74) is 3.03. The summed E-state index contributed by atoms with van der Waals surface area (Å²) in [6, 6.07) is 9.58. The topological polar surface area (TPSA) is 78.2 Å². The van der Waals surface area contributed by atoms with Crippen LogP contribution in [0.25, 0.3) is 0 Å². The Labute approximate surface area is 199 Å². The Bertz CT molecular complexity index is 1020. The Morgan fingerprint density at radius 2 is 2.15 bits per heavy atom. The SMILES string of the molecule is CN(Cc1ccccc1C#N)C(=O)c1scc(COC2CCOC2)c1/N=C/N1CCCCC1. The van der Waals surface area contributed by atoms with Crippen LogP contribution in [0.1, 0.15) is 52.0 Å². The number of hydrogen-bond donors (Lipinski definition) is 0. The Morgan fingerprint density at radius 1 is 1.33 bits per heavy atom. The third-order valence-electron chi connectivity index (χ3n) is 6.03. The second kappa shape index (κ2) is 11.4. The fourth-order valence-corrected chi connectivity index (χ4v) is 5.07. The predicted octanol–water partition coefficient (Wildman–Crippen LogP) is 4.34. The number of carbonyl (C=O) groups excluding carboxylic acids is 1. The first-order chi connectivity index (χ1) is 16.2. The molecule has 7 nitrogen and oxygen atoms in total. The first-order valence-electron chi connectivity index (χ1n) is 11.5. The summed E-state index contributed by atoms with van der Waals surface area (Å²) < 4.78 is 11.4. The molecule has 2 aliphatic rings. The lowest BCUT2D eigenvalue weighted by atomic mass is 10.1. The fraction of sp³-hybridized carbons (Fsp3) is 0.480. The maximum atomic E-state index is 13.4. The van der Waals surface area contributed by atoms with Crippen LogP contribution < -0.4 is 0 Å². The highest BCUT2D eigenvalue weighted by molar-refractivity contribution is 7.12. The lowest BCUT2D eigenvalue weighted by Gasteiger charge is -2.24. The molecule has 3 heterocycles. The monoisotopic (exact) mass is 466 g/mol. The normalized spacial score (nSPS) is 18.5. The van der Waals surface area contributed by atoms with E-state index < -0.39 is 0 Å². The number of amides is 1. The Hall–Kier alpha value is -2.73. The Kier molecular flexibility index (Phi) is 8.10. The van der Waals surface area contributed by atoms with Crippen molar-refractivity contribution in [1.82, 2.24) is 9.80 Å². The number of hydrogen-bond acceptors (Lipinski definition) is 6. The number of carbonyl (C=O) groups is 1. The van der Waals surface area contributed by atoms with Crippen LogP contribution in [0.4, 0.5) is 5.69 Å². The van der Waals surface area contributed by atoms with Crippen LogP contribution in [0.15, 0.2) is 34.6 Å². The molecule has 0 saturated carbocycles. The van der Waals surface area contributed by atoms with E-state index >= 15 is 0 Å². The zero-order chi connectivity index (χ0) is 23.0. The molecule has 0 radical (unpaired) electrons. The highest BCUT2D eigenvalue weighted by atomic mass is 32.1. The molecule has 1 aromatic heterocycles. The van der Waals surface area contributed by atoms with Gasteiger partial charge in [-0.15, -0.1) is 11.3 Å². The predicted molar refractivity (Wildman–Crippen MR) is 129 cm³/mol. The van der Waals surface area contributed by atoms with Crippen molar-refractivity contribution < 1.29 is 14.3 Å². The first kappa shape index (κ1) is 23.4. The summed E-state index contributed by atoms with van der Waals surface area (Å²) in [7, 11) is 1.76. The Morgan fingerprint density at radius 3 is 2.91 bits per heavy atom. The van der Waals surface area contributed by atoms with Gasteiger partial charge in [-0.05, 0) is 42.7 Å². The molecule has 0 aliphatic carbocycles. The third-order valence-corrected chi connectivity index (χ3v) is 7.03. The van der Waals surface area contributed by atoms with Gasteiger partial charge in [0.15, 0.2) is 0 Å². The zero-order valence-electron chi connectivity index (χ0n) is 19.0. The highest BCUT2D eigenvalue weighted by Crippen LogP contribution is 2.33. The van der Waals surface area contributed by atoms with E-state index in [1.165, 1.54) is 30.6 Å². The van der Waals surface area contributed by atoms with Crippen molar-refractivity contribution in [1.29, 1.82) is 5.26 Å². The van der Waals surface area contributed by atoms with Crippen LogP contribution in [0.5, 0.6) is 0 Å². The summed E-state index contributed by atoms with van der Waals surface area (Å²) in [5, 5.41) is 11.4. The first-order valence-corrected chi connectivity index (χ1v) is 12.3. The zero-order valence-corrected chi connectivity index (χ0v) is 19.9. The number of ether oxygens (including phenoxy) is 2. The number of thiophene rings is 1. The number of aliphatic imine (C=N–C) groups is 1. The van der Waals surface area contributed by atoms with Gasteiger partial charge in [0.05, 0.1) is 43.0 Å². The molecule has 2 aliphatic heterocycles.